The summed E-state index contributed by atoms with van der Waals surface area (Å²) >= 11 is 0. The third-order valence-electron chi connectivity index (χ3n) is 4.33. The standard InChI is InChI=1S/2C11H17N.H2O4S/c2*1-11(2,12-3)9-10-7-5-4-6-8-10;1-5(2,3)4/h2*4-8,12H,9H2,1-3H3;(H2,1,2,3,4). The van der Waals surface area contributed by atoms with E-state index in [2.05, 4.69) is 99.0 Å². The summed E-state index contributed by atoms with van der Waals surface area (Å²) in [6, 6.07) is 21.1. The largest absolute Gasteiger partial charge is 0.394 e. The van der Waals surface area contributed by atoms with Crippen molar-refractivity contribution in [2.24, 2.45) is 0 Å². The molecule has 7 heteroatoms. The number of rotatable bonds is 6. The zero-order valence-electron chi connectivity index (χ0n) is 18.3. The molecule has 2 aromatic rings. The lowest BCUT2D eigenvalue weighted by Crippen LogP contribution is -2.38. The lowest BCUT2D eigenvalue weighted by molar-refractivity contribution is 0.381. The van der Waals surface area contributed by atoms with Crippen molar-refractivity contribution >= 4 is 10.4 Å². The average molecular weight is 425 g/mol. The topological polar surface area (TPSA) is 98.7 Å². The predicted molar refractivity (Wildman–Crippen MR) is 121 cm³/mol. The van der Waals surface area contributed by atoms with E-state index >= 15 is 0 Å². The second-order valence-electron chi connectivity index (χ2n) is 8.04. The first-order valence-corrected chi connectivity index (χ1v) is 10.8. The Morgan fingerprint density at radius 2 is 0.931 bits per heavy atom. The third kappa shape index (κ3) is 16.9. The SMILES string of the molecule is CNC(C)(C)Cc1ccccc1.CNC(C)(C)Cc1ccccc1.O=S(=O)(O)O. The summed E-state index contributed by atoms with van der Waals surface area (Å²) < 4.78 is 31.6. The molecular weight excluding hydrogens is 388 g/mol. The Hall–Kier alpha value is -1.77. The first-order chi connectivity index (χ1) is 13.3. The maximum atomic E-state index is 8.74. The number of likely N-dealkylation sites (N-methyl/N-ethyl adjacent to an activating group) is 2. The highest BCUT2D eigenvalue weighted by Crippen LogP contribution is 2.11. The molecule has 0 unspecified atom stereocenters. The normalized spacial score (nSPS) is 11.6. The van der Waals surface area contributed by atoms with Crippen LogP contribution in [0, 0.1) is 0 Å². The molecule has 29 heavy (non-hydrogen) atoms. The van der Waals surface area contributed by atoms with Crippen LogP contribution in [0.5, 0.6) is 0 Å². The van der Waals surface area contributed by atoms with Gasteiger partial charge in [0.05, 0.1) is 0 Å². The van der Waals surface area contributed by atoms with Crippen LogP contribution in [-0.2, 0) is 23.2 Å². The molecule has 164 valence electrons. The summed E-state index contributed by atoms with van der Waals surface area (Å²) in [5.41, 5.74) is 3.16. The minimum absolute atomic E-state index is 0.196. The maximum absolute atomic E-state index is 8.74. The lowest BCUT2D eigenvalue weighted by atomic mass is 9.95. The summed E-state index contributed by atoms with van der Waals surface area (Å²) in [6.07, 6.45) is 2.15. The number of nitrogens with one attached hydrogen (secondary N) is 2. The Balaban J connectivity index is 0.000000442. The van der Waals surface area contributed by atoms with E-state index in [4.69, 9.17) is 17.5 Å². The molecule has 0 aliphatic carbocycles. The molecule has 0 aliphatic rings. The van der Waals surface area contributed by atoms with E-state index < -0.39 is 10.4 Å². The van der Waals surface area contributed by atoms with Gasteiger partial charge in [-0.15, -0.1) is 0 Å². The second-order valence-corrected chi connectivity index (χ2v) is 8.94. The average Bonchev–Trinajstić information content (AvgIpc) is 2.62. The van der Waals surface area contributed by atoms with Crippen LogP contribution >= 0.6 is 0 Å². The van der Waals surface area contributed by atoms with Gasteiger partial charge in [-0.2, -0.15) is 8.42 Å². The van der Waals surface area contributed by atoms with Gasteiger partial charge in [0.15, 0.2) is 0 Å². The van der Waals surface area contributed by atoms with Gasteiger partial charge in [-0.05, 0) is 65.8 Å². The van der Waals surface area contributed by atoms with Gasteiger partial charge in [-0.3, -0.25) is 9.11 Å². The molecule has 0 bridgehead atoms. The fourth-order valence-electron chi connectivity index (χ4n) is 2.39. The van der Waals surface area contributed by atoms with Gasteiger partial charge in [-0.1, -0.05) is 60.7 Å². The second kappa shape index (κ2) is 12.7. The van der Waals surface area contributed by atoms with Crippen LogP contribution in [-0.4, -0.2) is 42.7 Å². The Morgan fingerprint density at radius 3 is 1.14 bits per heavy atom. The fourth-order valence-corrected chi connectivity index (χ4v) is 2.39. The Bertz CT molecular complexity index is 715. The maximum Gasteiger partial charge on any atom is 0.394 e. The molecule has 2 aromatic carbocycles. The molecule has 0 amide bonds. The van der Waals surface area contributed by atoms with Gasteiger partial charge < -0.3 is 10.6 Å². The molecule has 0 aromatic heterocycles. The van der Waals surface area contributed by atoms with Crippen molar-refractivity contribution in [1.82, 2.24) is 10.6 Å². The summed E-state index contributed by atoms with van der Waals surface area (Å²) in [6.45, 7) is 8.83. The zero-order valence-corrected chi connectivity index (χ0v) is 19.1. The molecule has 0 fully saturated rings. The van der Waals surface area contributed by atoms with E-state index in [1.165, 1.54) is 11.1 Å². The van der Waals surface area contributed by atoms with Gasteiger partial charge in [0.2, 0.25) is 0 Å². The van der Waals surface area contributed by atoms with Gasteiger partial charge in [-0.25, -0.2) is 0 Å². The molecule has 0 aliphatic heterocycles. The van der Waals surface area contributed by atoms with Crippen molar-refractivity contribution in [3.63, 3.8) is 0 Å². The third-order valence-corrected chi connectivity index (χ3v) is 4.33. The number of hydrogen-bond donors (Lipinski definition) is 4. The van der Waals surface area contributed by atoms with E-state index in [-0.39, 0.29) is 11.1 Å². The van der Waals surface area contributed by atoms with Crippen molar-refractivity contribution < 1.29 is 17.5 Å². The quantitative estimate of drug-likeness (QED) is 0.527. The van der Waals surface area contributed by atoms with E-state index in [0.29, 0.717) is 0 Å². The van der Waals surface area contributed by atoms with Gasteiger partial charge in [0.25, 0.3) is 0 Å². The minimum atomic E-state index is -4.67. The van der Waals surface area contributed by atoms with Crippen LogP contribution in [0.25, 0.3) is 0 Å². The lowest BCUT2D eigenvalue weighted by Gasteiger charge is -2.23. The van der Waals surface area contributed by atoms with Crippen molar-refractivity contribution in [3.8, 4) is 0 Å². The molecular formula is C22H36N2O4S. The van der Waals surface area contributed by atoms with Crippen molar-refractivity contribution in [2.75, 3.05) is 14.1 Å². The molecule has 0 saturated heterocycles. The summed E-state index contributed by atoms with van der Waals surface area (Å²) in [7, 11) is -0.661. The van der Waals surface area contributed by atoms with Crippen LogP contribution < -0.4 is 10.6 Å². The van der Waals surface area contributed by atoms with Crippen molar-refractivity contribution in [2.45, 2.75) is 51.6 Å². The van der Waals surface area contributed by atoms with E-state index in [0.717, 1.165) is 12.8 Å². The molecule has 0 radical (unpaired) electrons. The Morgan fingerprint density at radius 1 is 0.690 bits per heavy atom. The van der Waals surface area contributed by atoms with Crippen molar-refractivity contribution in [3.05, 3.63) is 71.8 Å². The first kappa shape index (κ1) is 27.2. The minimum Gasteiger partial charge on any atom is -0.314 e. The monoisotopic (exact) mass is 424 g/mol. The summed E-state index contributed by atoms with van der Waals surface area (Å²) in [5.74, 6) is 0. The van der Waals surface area contributed by atoms with Crippen LogP contribution in [0.2, 0.25) is 0 Å². The van der Waals surface area contributed by atoms with Crippen LogP contribution in [0.3, 0.4) is 0 Å². The number of benzene rings is 2. The molecule has 0 heterocycles. The van der Waals surface area contributed by atoms with E-state index in [1.54, 1.807) is 0 Å². The molecule has 4 N–H and O–H groups in total. The predicted octanol–water partition coefficient (Wildman–Crippen LogP) is 3.80. The molecule has 0 atom stereocenters. The van der Waals surface area contributed by atoms with Gasteiger partial charge in [0, 0.05) is 11.1 Å². The highest BCUT2D eigenvalue weighted by molar-refractivity contribution is 7.79. The molecule has 0 saturated carbocycles. The van der Waals surface area contributed by atoms with E-state index in [9.17, 15) is 0 Å². The van der Waals surface area contributed by atoms with Crippen LogP contribution in [0.4, 0.5) is 0 Å². The Labute approximate surface area is 176 Å². The summed E-state index contributed by atoms with van der Waals surface area (Å²) in [4.78, 5) is 0. The van der Waals surface area contributed by atoms with E-state index in [1.807, 2.05) is 14.1 Å². The fraction of sp³-hybridized carbons (Fsp3) is 0.455. The van der Waals surface area contributed by atoms with Crippen molar-refractivity contribution in [1.29, 1.82) is 0 Å². The van der Waals surface area contributed by atoms with Gasteiger partial charge >= 0.3 is 10.4 Å². The molecule has 0 spiro atoms. The van der Waals surface area contributed by atoms with Crippen LogP contribution in [0.15, 0.2) is 60.7 Å². The number of hydrogen-bond acceptors (Lipinski definition) is 4. The first-order valence-electron chi connectivity index (χ1n) is 9.43. The summed E-state index contributed by atoms with van der Waals surface area (Å²) in [5, 5.41) is 6.58. The van der Waals surface area contributed by atoms with Gasteiger partial charge in [0.1, 0.15) is 0 Å². The highest BCUT2D eigenvalue weighted by Gasteiger charge is 2.15. The molecule has 2 rings (SSSR count). The van der Waals surface area contributed by atoms with Crippen LogP contribution in [0.1, 0.15) is 38.8 Å². The smallest absolute Gasteiger partial charge is 0.314 e. The Kier molecular flexibility index (Phi) is 11.9. The highest BCUT2D eigenvalue weighted by atomic mass is 32.3. The molecule has 6 nitrogen and oxygen atoms in total. The zero-order chi connectivity index (χ0) is 22.6.